The average Bonchev–Trinajstić information content (AvgIpc) is 3.09. The number of hydrogen-bond acceptors (Lipinski definition) is 4. The van der Waals surface area contributed by atoms with Crippen LogP contribution in [-0.2, 0) is 0 Å². The molecule has 0 saturated carbocycles. The zero-order valence-corrected chi connectivity index (χ0v) is 16.7. The van der Waals surface area contributed by atoms with Crippen LogP contribution in [0.4, 0.5) is 13.2 Å². The van der Waals surface area contributed by atoms with Gasteiger partial charge in [-0.15, -0.1) is 0 Å². The number of alkyl halides is 3. The first kappa shape index (κ1) is 20.0. The van der Waals surface area contributed by atoms with Crippen LogP contribution in [0.1, 0.15) is 29.9 Å². The molecule has 3 aliphatic rings. The van der Waals surface area contributed by atoms with Crippen molar-refractivity contribution < 1.29 is 17.9 Å². The van der Waals surface area contributed by atoms with Gasteiger partial charge in [0.2, 0.25) is 0 Å². The Morgan fingerprint density at radius 3 is 2.72 bits per heavy atom. The molecular formula is C22H26F3N3O. The van der Waals surface area contributed by atoms with Crippen molar-refractivity contribution >= 4 is 5.84 Å². The van der Waals surface area contributed by atoms with Gasteiger partial charge in [-0.05, 0) is 44.6 Å². The minimum Gasteiger partial charge on any atom is -0.491 e. The van der Waals surface area contributed by atoms with E-state index in [2.05, 4.69) is 23.9 Å². The number of amidine groups is 1. The second-order valence-electron chi connectivity index (χ2n) is 8.02. The Morgan fingerprint density at radius 1 is 1.24 bits per heavy atom. The Labute approximate surface area is 169 Å². The van der Waals surface area contributed by atoms with E-state index in [1.165, 1.54) is 12.2 Å². The molecule has 0 amide bonds. The monoisotopic (exact) mass is 405 g/mol. The van der Waals surface area contributed by atoms with E-state index in [0.717, 1.165) is 42.2 Å². The lowest BCUT2D eigenvalue weighted by Crippen LogP contribution is -2.35. The van der Waals surface area contributed by atoms with Crippen molar-refractivity contribution in [2.75, 3.05) is 40.3 Å². The van der Waals surface area contributed by atoms with E-state index >= 15 is 0 Å². The molecule has 2 aliphatic heterocycles. The first-order valence-corrected chi connectivity index (χ1v) is 10.0. The number of likely N-dealkylation sites (N-methyl/N-ethyl adjacent to an activating group) is 1. The standard InChI is InChI=1S/C22H26F3N3O/c1-27(2)18-9-11-28(14-18)21-19-13-16(5-8-20(19)29-12-10-26-21)15-3-6-17(7-4-15)22(23,24)25/h3,5-8,13,15,18H,4,9-12,14H2,1-2H3. The number of fused-ring (bicyclic) bond motifs is 1. The summed E-state index contributed by atoms with van der Waals surface area (Å²) >= 11 is 0. The second-order valence-corrected chi connectivity index (χ2v) is 8.02. The number of nitrogens with zero attached hydrogens (tertiary/aromatic N) is 3. The third-order valence-electron chi connectivity index (χ3n) is 5.90. The van der Waals surface area contributed by atoms with Gasteiger partial charge in [0.15, 0.2) is 0 Å². The largest absolute Gasteiger partial charge is 0.491 e. The van der Waals surface area contributed by atoms with Gasteiger partial charge in [0.05, 0.1) is 17.7 Å². The van der Waals surface area contributed by atoms with E-state index in [0.29, 0.717) is 25.6 Å². The average molecular weight is 405 g/mol. The lowest BCUT2D eigenvalue weighted by atomic mass is 9.89. The molecule has 0 spiro atoms. The summed E-state index contributed by atoms with van der Waals surface area (Å²) in [4.78, 5) is 9.34. The molecule has 7 heteroatoms. The van der Waals surface area contributed by atoms with Crippen molar-refractivity contribution in [1.29, 1.82) is 0 Å². The zero-order chi connectivity index (χ0) is 20.6. The first-order valence-electron chi connectivity index (χ1n) is 10.0. The fraction of sp³-hybridized carbons (Fsp3) is 0.500. The fourth-order valence-electron chi connectivity index (χ4n) is 4.17. The van der Waals surface area contributed by atoms with Gasteiger partial charge < -0.3 is 14.5 Å². The molecule has 29 heavy (non-hydrogen) atoms. The minimum atomic E-state index is -4.29. The number of rotatable bonds is 2. The highest BCUT2D eigenvalue weighted by Crippen LogP contribution is 2.36. The summed E-state index contributed by atoms with van der Waals surface area (Å²) in [6.45, 7) is 2.98. The minimum absolute atomic E-state index is 0.0796. The molecule has 4 rings (SSSR count). The Kier molecular flexibility index (Phi) is 5.42. The topological polar surface area (TPSA) is 28.1 Å². The van der Waals surface area contributed by atoms with Gasteiger partial charge in [-0.25, -0.2) is 0 Å². The van der Waals surface area contributed by atoms with Crippen molar-refractivity contribution in [3.8, 4) is 5.75 Å². The SMILES string of the molecule is CN(C)C1CCN(C2=NCCOc3ccc(C4C=CC(C(F)(F)F)=CC4)cc32)C1. The molecule has 1 fully saturated rings. The summed E-state index contributed by atoms with van der Waals surface area (Å²) < 4.78 is 44.6. The number of aliphatic imine (C=N–C) groups is 1. The van der Waals surface area contributed by atoms with Crippen LogP contribution in [0.2, 0.25) is 0 Å². The molecule has 1 aromatic rings. The predicted molar refractivity (Wildman–Crippen MR) is 108 cm³/mol. The van der Waals surface area contributed by atoms with E-state index in [1.807, 2.05) is 18.2 Å². The van der Waals surface area contributed by atoms with E-state index in [-0.39, 0.29) is 5.92 Å². The molecule has 2 atom stereocenters. The number of hydrogen-bond donors (Lipinski definition) is 0. The van der Waals surface area contributed by atoms with Crippen molar-refractivity contribution in [1.82, 2.24) is 9.80 Å². The van der Waals surface area contributed by atoms with E-state index in [1.54, 1.807) is 6.08 Å². The summed E-state index contributed by atoms with van der Waals surface area (Å²) in [5, 5.41) is 0. The van der Waals surface area contributed by atoms with Gasteiger partial charge in [-0.1, -0.05) is 24.3 Å². The van der Waals surface area contributed by atoms with Crippen molar-refractivity contribution in [3.63, 3.8) is 0 Å². The van der Waals surface area contributed by atoms with E-state index in [9.17, 15) is 13.2 Å². The van der Waals surface area contributed by atoms with E-state index < -0.39 is 11.7 Å². The quantitative estimate of drug-likeness (QED) is 0.745. The number of benzene rings is 1. The van der Waals surface area contributed by atoms with Crippen LogP contribution in [0.3, 0.4) is 0 Å². The Balaban J connectivity index is 1.60. The van der Waals surface area contributed by atoms with Gasteiger partial charge in [-0.3, -0.25) is 4.99 Å². The lowest BCUT2D eigenvalue weighted by molar-refractivity contribution is -0.0886. The van der Waals surface area contributed by atoms with Crippen LogP contribution in [0, 0.1) is 0 Å². The molecule has 156 valence electrons. The van der Waals surface area contributed by atoms with Crippen LogP contribution >= 0.6 is 0 Å². The molecular weight excluding hydrogens is 379 g/mol. The molecule has 1 saturated heterocycles. The molecule has 2 heterocycles. The van der Waals surface area contributed by atoms with Crippen molar-refractivity contribution in [2.24, 2.45) is 4.99 Å². The number of ether oxygens (including phenoxy) is 1. The first-order chi connectivity index (χ1) is 13.8. The summed E-state index contributed by atoms with van der Waals surface area (Å²) in [6.07, 6.45) is 1.25. The van der Waals surface area contributed by atoms with Gasteiger partial charge in [0.25, 0.3) is 0 Å². The van der Waals surface area contributed by atoms with Crippen molar-refractivity contribution in [3.05, 3.63) is 53.1 Å². The molecule has 1 aromatic carbocycles. The Morgan fingerprint density at radius 2 is 2.07 bits per heavy atom. The molecule has 2 unspecified atom stereocenters. The zero-order valence-electron chi connectivity index (χ0n) is 16.7. The highest BCUT2D eigenvalue weighted by atomic mass is 19.4. The molecule has 4 nitrogen and oxygen atoms in total. The van der Waals surface area contributed by atoms with Gasteiger partial charge in [0, 0.05) is 25.0 Å². The van der Waals surface area contributed by atoms with Crippen LogP contribution in [0.15, 0.2) is 47.0 Å². The smallest absolute Gasteiger partial charge is 0.416 e. The van der Waals surface area contributed by atoms with Gasteiger partial charge in [-0.2, -0.15) is 13.2 Å². The van der Waals surface area contributed by atoms with Crippen LogP contribution < -0.4 is 4.74 Å². The molecule has 0 radical (unpaired) electrons. The number of allylic oxidation sites excluding steroid dienone is 4. The molecule has 1 aliphatic carbocycles. The second kappa shape index (κ2) is 7.86. The van der Waals surface area contributed by atoms with Crippen LogP contribution in [0.25, 0.3) is 0 Å². The summed E-state index contributed by atoms with van der Waals surface area (Å²) in [7, 11) is 4.19. The maximum Gasteiger partial charge on any atom is 0.416 e. The highest BCUT2D eigenvalue weighted by Gasteiger charge is 2.33. The summed E-state index contributed by atoms with van der Waals surface area (Å²) in [5.41, 5.74) is 1.36. The Hall–Kier alpha value is -2.28. The molecule has 0 bridgehead atoms. The molecule has 0 N–H and O–H groups in total. The highest BCUT2D eigenvalue weighted by molar-refractivity contribution is 6.01. The number of halogens is 3. The summed E-state index contributed by atoms with van der Waals surface area (Å²) in [6, 6.07) is 6.42. The maximum absolute atomic E-state index is 12.9. The number of likely N-dealkylation sites (tertiary alicyclic amines) is 1. The Bertz CT molecular complexity index is 857. The third-order valence-corrected chi connectivity index (χ3v) is 5.90. The maximum atomic E-state index is 12.9. The normalized spacial score (nSPS) is 24.7. The van der Waals surface area contributed by atoms with E-state index in [4.69, 9.17) is 9.73 Å². The van der Waals surface area contributed by atoms with Crippen molar-refractivity contribution in [2.45, 2.75) is 31.0 Å². The van der Waals surface area contributed by atoms with Crippen LogP contribution in [0.5, 0.6) is 5.75 Å². The third kappa shape index (κ3) is 4.20. The van der Waals surface area contributed by atoms with Crippen LogP contribution in [-0.4, -0.2) is 68.2 Å². The predicted octanol–water partition coefficient (Wildman–Crippen LogP) is 3.99. The summed E-state index contributed by atoms with van der Waals surface area (Å²) in [5.74, 6) is 1.66. The fourth-order valence-corrected chi connectivity index (χ4v) is 4.17. The lowest BCUT2D eigenvalue weighted by Gasteiger charge is -2.24. The molecule has 0 aromatic heterocycles. The van der Waals surface area contributed by atoms with Gasteiger partial charge in [0.1, 0.15) is 18.2 Å². The van der Waals surface area contributed by atoms with Gasteiger partial charge >= 0.3 is 6.18 Å².